The maximum Gasteiger partial charge on any atom is 0.340 e. The fourth-order valence-corrected chi connectivity index (χ4v) is 3.17. The van der Waals surface area contributed by atoms with E-state index < -0.39 is 5.97 Å². The first-order valence-electron chi connectivity index (χ1n) is 8.91. The summed E-state index contributed by atoms with van der Waals surface area (Å²) in [6, 6.07) is 17.6. The molecular weight excluding hydrogens is 340 g/mol. The zero-order chi connectivity index (χ0) is 19.4. The summed E-state index contributed by atoms with van der Waals surface area (Å²) in [5.74, 6) is -0.508. The van der Waals surface area contributed by atoms with Gasteiger partial charge in [-0.05, 0) is 11.6 Å². The lowest BCUT2D eigenvalue weighted by Gasteiger charge is -2.25. The van der Waals surface area contributed by atoms with Crippen LogP contribution >= 0.6 is 0 Å². The first kappa shape index (κ1) is 18.7. The number of esters is 1. The zero-order valence-electron chi connectivity index (χ0n) is 15.9. The minimum Gasteiger partial charge on any atom is -0.465 e. The van der Waals surface area contributed by atoms with Crippen molar-refractivity contribution in [3.8, 4) is 0 Å². The lowest BCUT2D eigenvalue weighted by molar-refractivity contribution is -0.121. The van der Waals surface area contributed by atoms with Crippen LogP contribution in [-0.2, 0) is 21.5 Å². The zero-order valence-corrected chi connectivity index (χ0v) is 15.9. The summed E-state index contributed by atoms with van der Waals surface area (Å²) in [7, 11) is 1.35. The Kier molecular flexibility index (Phi) is 5.31. The van der Waals surface area contributed by atoms with Gasteiger partial charge < -0.3 is 14.6 Å². The van der Waals surface area contributed by atoms with Gasteiger partial charge in [0.1, 0.15) is 6.54 Å². The van der Waals surface area contributed by atoms with E-state index in [2.05, 4.69) is 31.3 Å². The Labute approximate surface area is 158 Å². The molecule has 1 aromatic heterocycles. The standard InChI is InChI=1S/C22H24N2O3/c1-22(2,16-9-5-4-6-10-16)15-23-20(25)14-24-13-18(21(26)27-3)17-11-7-8-12-19(17)24/h4-13H,14-15H2,1-3H3,(H,23,25). The van der Waals surface area contributed by atoms with Crippen LogP contribution in [0, 0.1) is 0 Å². The molecule has 5 heteroatoms. The fourth-order valence-electron chi connectivity index (χ4n) is 3.17. The molecule has 3 aromatic rings. The van der Waals surface area contributed by atoms with E-state index in [-0.39, 0.29) is 17.9 Å². The van der Waals surface area contributed by atoms with Gasteiger partial charge in [0, 0.05) is 29.1 Å². The van der Waals surface area contributed by atoms with Crippen molar-refractivity contribution in [2.24, 2.45) is 0 Å². The molecule has 0 bridgehead atoms. The highest BCUT2D eigenvalue weighted by molar-refractivity contribution is 6.04. The molecule has 1 amide bonds. The number of carbonyl (C=O) groups excluding carboxylic acids is 2. The van der Waals surface area contributed by atoms with Gasteiger partial charge in [0.05, 0.1) is 12.7 Å². The predicted molar refractivity (Wildman–Crippen MR) is 106 cm³/mol. The maximum atomic E-state index is 12.5. The number of aromatic nitrogens is 1. The highest BCUT2D eigenvalue weighted by atomic mass is 16.5. The number of carbonyl (C=O) groups is 2. The number of fused-ring (bicyclic) bond motifs is 1. The number of rotatable bonds is 6. The van der Waals surface area contributed by atoms with Crippen molar-refractivity contribution in [2.45, 2.75) is 25.8 Å². The number of ether oxygens (including phenoxy) is 1. The van der Waals surface area contributed by atoms with Gasteiger partial charge in [-0.1, -0.05) is 62.4 Å². The molecule has 0 unspecified atom stereocenters. The topological polar surface area (TPSA) is 60.3 Å². The normalized spacial score (nSPS) is 11.4. The van der Waals surface area contributed by atoms with E-state index in [9.17, 15) is 9.59 Å². The van der Waals surface area contributed by atoms with Gasteiger partial charge in [-0.15, -0.1) is 0 Å². The third kappa shape index (κ3) is 4.03. The fraction of sp³-hybridized carbons (Fsp3) is 0.273. The molecule has 0 aliphatic rings. The van der Waals surface area contributed by atoms with Crippen LogP contribution < -0.4 is 5.32 Å². The summed E-state index contributed by atoms with van der Waals surface area (Å²) >= 11 is 0. The second-order valence-electron chi connectivity index (χ2n) is 7.21. The van der Waals surface area contributed by atoms with Crippen LogP contribution in [0.25, 0.3) is 10.9 Å². The van der Waals surface area contributed by atoms with Gasteiger partial charge in [0.15, 0.2) is 0 Å². The smallest absolute Gasteiger partial charge is 0.340 e. The highest BCUT2D eigenvalue weighted by Gasteiger charge is 2.22. The molecule has 0 atom stereocenters. The number of nitrogens with zero attached hydrogens (tertiary/aromatic N) is 1. The van der Waals surface area contributed by atoms with Crippen LogP contribution in [0.5, 0.6) is 0 Å². The van der Waals surface area contributed by atoms with Gasteiger partial charge in [-0.3, -0.25) is 4.79 Å². The van der Waals surface area contributed by atoms with Crippen LogP contribution in [0.2, 0.25) is 0 Å². The predicted octanol–water partition coefficient (Wildman–Crippen LogP) is 3.52. The molecule has 0 fully saturated rings. The van der Waals surface area contributed by atoms with Gasteiger partial charge >= 0.3 is 5.97 Å². The van der Waals surface area contributed by atoms with Crippen molar-refractivity contribution in [1.82, 2.24) is 9.88 Å². The minimum atomic E-state index is -0.407. The molecule has 140 valence electrons. The number of para-hydroxylation sites is 1. The first-order valence-corrected chi connectivity index (χ1v) is 8.91. The maximum absolute atomic E-state index is 12.5. The van der Waals surface area contributed by atoms with E-state index in [0.717, 1.165) is 10.9 Å². The minimum absolute atomic E-state index is 0.101. The second kappa shape index (κ2) is 7.66. The molecule has 0 aliphatic heterocycles. The van der Waals surface area contributed by atoms with Crippen molar-refractivity contribution < 1.29 is 14.3 Å². The number of amides is 1. The SMILES string of the molecule is COC(=O)c1cn(CC(=O)NCC(C)(C)c2ccccc2)c2ccccc12. The van der Waals surface area contributed by atoms with Crippen molar-refractivity contribution in [2.75, 3.05) is 13.7 Å². The van der Waals surface area contributed by atoms with E-state index >= 15 is 0 Å². The summed E-state index contributed by atoms with van der Waals surface area (Å²) in [5.41, 5.74) is 2.29. The van der Waals surface area contributed by atoms with Gasteiger partial charge in [0.2, 0.25) is 5.91 Å². The van der Waals surface area contributed by atoms with Gasteiger partial charge in [-0.25, -0.2) is 4.79 Å². The van der Waals surface area contributed by atoms with E-state index in [1.54, 1.807) is 10.8 Å². The lowest BCUT2D eigenvalue weighted by Crippen LogP contribution is -2.38. The summed E-state index contributed by atoms with van der Waals surface area (Å²) < 4.78 is 6.64. The summed E-state index contributed by atoms with van der Waals surface area (Å²) in [5, 5.41) is 3.79. The van der Waals surface area contributed by atoms with Crippen LogP contribution in [0.1, 0.15) is 29.8 Å². The monoisotopic (exact) mass is 364 g/mol. The number of hydrogen-bond acceptors (Lipinski definition) is 3. The molecule has 0 radical (unpaired) electrons. The Bertz CT molecular complexity index is 958. The Morgan fingerprint density at radius 1 is 1.04 bits per heavy atom. The van der Waals surface area contributed by atoms with E-state index in [1.165, 1.54) is 12.7 Å². The van der Waals surface area contributed by atoms with Crippen LogP contribution in [0.3, 0.4) is 0 Å². The lowest BCUT2D eigenvalue weighted by atomic mass is 9.84. The molecule has 1 heterocycles. The van der Waals surface area contributed by atoms with Crippen molar-refractivity contribution >= 4 is 22.8 Å². The number of benzene rings is 2. The average molecular weight is 364 g/mol. The molecule has 1 N–H and O–H groups in total. The third-order valence-corrected chi connectivity index (χ3v) is 4.79. The summed E-state index contributed by atoms with van der Waals surface area (Å²) in [4.78, 5) is 24.5. The van der Waals surface area contributed by atoms with E-state index in [1.807, 2.05) is 42.5 Å². The Morgan fingerprint density at radius 2 is 1.70 bits per heavy atom. The largest absolute Gasteiger partial charge is 0.465 e. The van der Waals surface area contributed by atoms with Crippen LogP contribution in [-0.4, -0.2) is 30.1 Å². The van der Waals surface area contributed by atoms with Crippen molar-refractivity contribution in [3.63, 3.8) is 0 Å². The molecule has 5 nitrogen and oxygen atoms in total. The average Bonchev–Trinajstić information content (AvgIpc) is 3.05. The van der Waals surface area contributed by atoms with Crippen molar-refractivity contribution in [1.29, 1.82) is 0 Å². The second-order valence-corrected chi connectivity index (χ2v) is 7.21. The number of methoxy groups -OCH3 is 1. The Balaban J connectivity index is 1.74. The third-order valence-electron chi connectivity index (χ3n) is 4.79. The molecule has 0 spiro atoms. The number of nitrogens with one attached hydrogen (secondary N) is 1. The van der Waals surface area contributed by atoms with Crippen molar-refractivity contribution in [3.05, 3.63) is 71.9 Å². The van der Waals surface area contributed by atoms with E-state index in [0.29, 0.717) is 12.1 Å². The molecule has 2 aromatic carbocycles. The van der Waals surface area contributed by atoms with Gasteiger partial charge in [-0.2, -0.15) is 0 Å². The van der Waals surface area contributed by atoms with Crippen LogP contribution in [0.15, 0.2) is 60.8 Å². The van der Waals surface area contributed by atoms with Gasteiger partial charge in [0.25, 0.3) is 0 Å². The quantitative estimate of drug-likeness (QED) is 0.681. The molecular formula is C22H24N2O3. The molecule has 0 saturated heterocycles. The summed E-state index contributed by atoms with van der Waals surface area (Å²) in [6.45, 7) is 4.87. The van der Waals surface area contributed by atoms with Crippen LogP contribution in [0.4, 0.5) is 0 Å². The first-order chi connectivity index (χ1) is 12.9. The molecule has 3 rings (SSSR count). The van der Waals surface area contributed by atoms with E-state index in [4.69, 9.17) is 4.74 Å². The molecule has 0 aliphatic carbocycles. The molecule has 27 heavy (non-hydrogen) atoms. The highest BCUT2D eigenvalue weighted by Crippen LogP contribution is 2.23. The summed E-state index contributed by atoms with van der Waals surface area (Å²) in [6.07, 6.45) is 1.68. The Hall–Kier alpha value is -3.08. The number of hydrogen-bond donors (Lipinski definition) is 1. The Morgan fingerprint density at radius 3 is 2.41 bits per heavy atom. The molecule has 0 saturated carbocycles.